The Balaban J connectivity index is 2.08. The first-order chi connectivity index (χ1) is 14.2. The summed E-state index contributed by atoms with van der Waals surface area (Å²) >= 11 is 12.3. The number of benzene rings is 2. The predicted molar refractivity (Wildman–Crippen MR) is 112 cm³/mol. The summed E-state index contributed by atoms with van der Waals surface area (Å²) in [6.45, 7) is 1.22. The van der Waals surface area contributed by atoms with E-state index in [4.69, 9.17) is 27.9 Å². The van der Waals surface area contributed by atoms with Crippen LogP contribution in [0.1, 0.15) is 18.2 Å². The first kappa shape index (κ1) is 21.2. The Morgan fingerprint density at radius 2 is 1.77 bits per heavy atom. The first-order valence-electron chi connectivity index (χ1n) is 8.25. The molecule has 2 aromatic carbocycles. The van der Waals surface area contributed by atoms with Crippen molar-refractivity contribution >= 4 is 63.6 Å². The minimum atomic E-state index is -0.713. The lowest BCUT2D eigenvalue weighted by Gasteiger charge is -2.10. The zero-order valence-corrected chi connectivity index (χ0v) is 16.7. The second-order valence-corrected chi connectivity index (χ2v) is 6.80. The Morgan fingerprint density at radius 3 is 2.40 bits per heavy atom. The lowest BCUT2D eigenvalue weighted by Crippen LogP contribution is -2.03. The Hall–Kier alpha value is -3.56. The molecule has 3 aromatic rings. The maximum Gasteiger partial charge on any atom is 0.308 e. The van der Waals surface area contributed by atoms with Crippen LogP contribution in [0.5, 0.6) is 5.75 Å². The Labute approximate surface area is 178 Å². The fourth-order valence-electron chi connectivity index (χ4n) is 2.66. The van der Waals surface area contributed by atoms with Gasteiger partial charge in [0.05, 0.1) is 37.2 Å². The molecule has 9 nitrogen and oxygen atoms in total. The highest BCUT2D eigenvalue weighted by Crippen LogP contribution is 2.37. The lowest BCUT2D eigenvalue weighted by molar-refractivity contribution is -0.394. The number of pyridine rings is 1. The monoisotopic (exact) mass is 447 g/mol. The maximum absolute atomic E-state index is 11.4. The molecular formula is C19H11Cl2N3O6. The molecule has 152 valence electrons. The van der Waals surface area contributed by atoms with Crippen molar-refractivity contribution in [1.29, 1.82) is 0 Å². The standard InChI is InChI=1S/C19H11Cl2N3O6/c1-10(25)30-19-16(21)9-15(20)14-7-5-12(22-18(14)19)4-2-11-3-6-13(23(26)27)8-17(11)24(28)29/h2-9H,1H3/b4-2+. The molecule has 0 N–H and O–H groups in total. The fourth-order valence-corrected chi connectivity index (χ4v) is 3.22. The Bertz CT molecular complexity index is 1240. The van der Waals surface area contributed by atoms with Crippen molar-refractivity contribution < 1.29 is 19.4 Å². The summed E-state index contributed by atoms with van der Waals surface area (Å²) in [6.07, 6.45) is 2.87. The molecule has 11 heteroatoms. The topological polar surface area (TPSA) is 125 Å². The molecule has 1 heterocycles. The smallest absolute Gasteiger partial charge is 0.308 e. The van der Waals surface area contributed by atoms with Gasteiger partial charge in [0.2, 0.25) is 0 Å². The molecule has 30 heavy (non-hydrogen) atoms. The molecule has 0 aliphatic heterocycles. The number of nitrogens with zero attached hydrogens (tertiary/aromatic N) is 3. The Morgan fingerprint density at radius 1 is 1.03 bits per heavy atom. The van der Waals surface area contributed by atoms with Gasteiger partial charge in [-0.05, 0) is 36.4 Å². The second-order valence-electron chi connectivity index (χ2n) is 5.99. The Kier molecular flexibility index (Phi) is 5.95. The van der Waals surface area contributed by atoms with Gasteiger partial charge in [-0.2, -0.15) is 0 Å². The summed E-state index contributed by atoms with van der Waals surface area (Å²) < 4.78 is 5.15. The molecule has 0 aliphatic rings. The van der Waals surface area contributed by atoms with Crippen LogP contribution in [0.2, 0.25) is 10.0 Å². The van der Waals surface area contributed by atoms with E-state index in [1.165, 1.54) is 37.3 Å². The largest absolute Gasteiger partial charge is 0.423 e. The summed E-state index contributed by atoms with van der Waals surface area (Å²) in [6, 6.07) is 7.99. The number of non-ortho nitro benzene ring substituents is 1. The number of ether oxygens (including phenoxy) is 1. The van der Waals surface area contributed by atoms with E-state index in [1.54, 1.807) is 12.1 Å². The van der Waals surface area contributed by atoms with Crippen LogP contribution in [0, 0.1) is 20.2 Å². The number of hydrogen-bond acceptors (Lipinski definition) is 7. The number of fused-ring (bicyclic) bond motifs is 1. The summed E-state index contributed by atoms with van der Waals surface area (Å²) in [4.78, 5) is 36.5. The van der Waals surface area contributed by atoms with E-state index in [1.807, 2.05) is 0 Å². The quantitative estimate of drug-likeness (QED) is 0.220. The molecule has 0 spiro atoms. The fraction of sp³-hybridized carbons (Fsp3) is 0.0526. The highest BCUT2D eigenvalue weighted by Gasteiger charge is 2.18. The molecule has 3 rings (SSSR count). The first-order valence-corrected chi connectivity index (χ1v) is 9.01. The third-order valence-corrected chi connectivity index (χ3v) is 4.55. The van der Waals surface area contributed by atoms with E-state index in [0.29, 0.717) is 16.1 Å². The van der Waals surface area contributed by atoms with Gasteiger partial charge in [-0.15, -0.1) is 0 Å². The van der Waals surface area contributed by atoms with E-state index >= 15 is 0 Å². The molecule has 1 aromatic heterocycles. The molecule has 0 atom stereocenters. The molecule has 0 saturated heterocycles. The number of nitro groups is 2. The highest BCUT2D eigenvalue weighted by atomic mass is 35.5. The highest BCUT2D eigenvalue weighted by molar-refractivity contribution is 6.39. The van der Waals surface area contributed by atoms with Gasteiger partial charge in [0.25, 0.3) is 11.4 Å². The van der Waals surface area contributed by atoms with Crippen molar-refractivity contribution in [2.75, 3.05) is 0 Å². The van der Waals surface area contributed by atoms with Crippen molar-refractivity contribution in [2.45, 2.75) is 6.92 Å². The average molecular weight is 448 g/mol. The number of hydrogen-bond donors (Lipinski definition) is 0. The molecule has 0 saturated carbocycles. The van der Waals surface area contributed by atoms with E-state index < -0.39 is 27.2 Å². The molecule has 0 aliphatic carbocycles. The van der Waals surface area contributed by atoms with Crippen LogP contribution in [0.3, 0.4) is 0 Å². The van der Waals surface area contributed by atoms with Gasteiger partial charge in [-0.1, -0.05) is 23.2 Å². The normalized spacial score (nSPS) is 11.0. The summed E-state index contributed by atoms with van der Waals surface area (Å²) in [7, 11) is 0. The van der Waals surface area contributed by atoms with Crippen LogP contribution in [0.25, 0.3) is 23.1 Å². The average Bonchev–Trinajstić information content (AvgIpc) is 2.68. The zero-order valence-electron chi connectivity index (χ0n) is 15.2. The summed E-state index contributed by atoms with van der Waals surface area (Å²) in [5, 5.41) is 23.0. The zero-order chi connectivity index (χ0) is 22.0. The molecule has 0 amide bonds. The minimum absolute atomic E-state index is 0.0418. The minimum Gasteiger partial charge on any atom is -0.423 e. The van der Waals surface area contributed by atoms with Crippen molar-refractivity contribution in [1.82, 2.24) is 4.98 Å². The molecular weight excluding hydrogens is 437 g/mol. The van der Waals surface area contributed by atoms with Crippen molar-refractivity contribution in [2.24, 2.45) is 0 Å². The SMILES string of the molecule is CC(=O)Oc1c(Cl)cc(Cl)c2ccc(/C=C/c3ccc([N+](=O)[O-])cc3[N+](=O)[O-])nc12. The van der Waals surface area contributed by atoms with E-state index in [9.17, 15) is 25.0 Å². The van der Waals surface area contributed by atoms with Gasteiger partial charge in [0.1, 0.15) is 5.52 Å². The lowest BCUT2D eigenvalue weighted by atomic mass is 10.1. The van der Waals surface area contributed by atoms with Crippen LogP contribution >= 0.6 is 23.2 Å². The molecule has 0 unspecified atom stereocenters. The second kappa shape index (κ2) is 8.44. The maximum atomic E-state index is 11.4. The summed E-state index contributed by atoms with van der Waals surface area (Å²) in [5.74, 6) is -0.551. The van der Waals surface area contributed by atoms with Crippen LogP contribution in [-0.4, -0.2) is 20.8 Å². The van der Waals surface area contributed by atoms with Crippen LogP contribution < -0.4 is 4.74 Å². The van der Waals surface area contributed by atoms with Crippen LogP contribution in [0.4, 0.5) is 11.4 Å². The predicted octanol–water partition coefficient (Wildman–Crippen LogP) is 5.45. The van der Waals surface area contributed by atoms with Gasteiger partial charge in [-0.25, -0.2) is 4.98 Å². The van der Waals surface area contributed by atoms with E-state index in [2.05, 4.69) is 4.98 Å². The molecule has 0 fully saturated rings. The van der Waals surface area contributed by atoms with Crippen LogP contribution in [0.15, 0.2) is 36.4 Å². The van der Waals surface area contributed by atoms with E-state index in [-0.39, 0.29) is 21.9 Å². The number of nitro benzene ring substituents is 2. The van der Waals surface area contributed by atoms with Gasteiger partial charge in [0.15, 0.2) is 5.75 Å². The van der Waals surface area contributed by atoms with Gasteiger partial charge < -0.3 is 4.74 Å². The number of carbonyl (C=O) groups is 1. The number of rotatable bonds is 5. The van der Waals surface area contributed by atoms with Gasteiger partial charge >= 0.3 is 5.97 Å². The third kappa shape index (κ3) is 4.37. The van der Waals surface area contributed by atoms with Crippen LogP contribution in [-0.2, 0) is 4.79 Å². The number of carbonyl (C=O) groups excluding carboxylic acids is 1. The van der Waals surface area contributed by atoms with Crippen molar-refractivity contribution in [3.63, 3.8) is 0 Å². The van der Waals surface area contributed by atoms with Crippen molar-refractivity contribution in [3.8, 4) is 5.75 Å². The number of esters is 1. The molecule has 0 bridgehead atoms. The van der Waals surface area contributed by atoms with E-state index in [0.717, 1.165) is 6.07 Å². The summed E-state index contributed by atoms with van der Waals surface area (Å²) in [5.41, 5.74) is -0.0623. The number of halogens is 2. The number of aromatic nitrogens is 1. The van der Waals surface area contributed by atoms with Crippen molar-refractivity contribution in [3.05, 3.63) is 77.9 Å². The third-order valence-electron chi connectivity index (χ3n) is 3.96. The van der Waals surface area contributed by atoms with Gasteiger partial charge in [-0.3, -0.25) is 25.0 Å². The molecule has 0 radical (unpaired) electrons. The van der Waals surface area contributed by atoms with Gasteiger partial charge in [0, 0.05) is 18.4 Å².